The van der Waals surface area contributed by atoms with Crippen LogP contribution >= 0.6 is 0 Å². The van der Waals surface area contributed by atoms with Crippen molar-refractivity contribution in [3.63, 3.8) is 0 Å². The first-order valence-electron chi connectivity index (χ1n) is 12.0. The molecule has 0 amide bonds. The molecule has 1 unspecified atom stereocenters. The molecule has 3 aromatic rings. The number of rotatable bonds is 6. The van der Waals surface area contributed by atoms with Gasteiger partial charge in [-0.05, 0) is 57.8 Å². The Morgan fingerprint density at radius 1 is 1.11 bits per heavy atom. The number of aliphatic hydroxyl groups is 1. The Balaban J connectivity index is 1.61. The van der Waals surface area contributed by atoms with Gasteiger partial charge in [-0.1, -0.05) is 0 Å². The molecule has 35 heavy (non-hydrogen) atoms. The Morgan fingerprint density at radius 3 is 2.57 bits per heavy atom. The summed E-state index contributed by atoms with van der Waals surface area (Å²) < 4.78 is 41.3. The highest BCUT2D eigenvalue weighted by Gasteiger charge is 2.32. The number of aliphatic hydroxyl groups excluding tert-OH is 1. The Morgan fingerprint density at radius 2 is 1.86 bits per heavy atom. The zero-order chi connectivity index (χ0) is 24.5. The van der Waals surface area contributed by atoms with E-state index in [2.05, 4.69) is 10.4 Å². The summed E-state index contributed by atoms with van der Waals surface area (Å²) in [7, 11) is 1.45. The predicted molar refractivity (Wildman–Crippen MR) is 129 cm³/mol. The van der Waals surface area contributed by atoms with E-state index in [0.29, 0.717) is 18.2 Å². The largest absolute Gasteiger partial charge is 0.456 e. The summed E-state index contributed by atoms with van der Waals surface area (Å²) in [6.07, 6.45) is 6.10. The molecule has 2 aliphatic rings. The lowest BCUT2D eigenvalue weighted by atomic mass is 9.92. The highest BCUT2D eigenvalue weighted by atomic mass is 19.1. The molecule has 186 valence electrons. The van der Waals surface area contributed by atoms with E-state index >= 15 is 0 Å². The lowest BCUT2D eigenvalue weighted by Gasteiger charge is -2.40. The predicted octanol–water partition coefficient (Wildman–Crippen LogP) is 4.61. The standard InChI is InChI=1S/C26H30F2N4O3/c1-16-3-4-23-24(32(16)26(33)34-2)6-5-22(25(23)35-21-12-18(27)11-19(28)13-21)17-14-30-31(15-17)20-7-9-29-10-8-20/h5-6,11-16,20,26,29,33H,3-4,7-10H2,1-2H3/t16-,26?/m0/s1. The van der Waals surface area contributed by atoms with Gasteiger partial charge in [-0.15, -0.1) is 0 Å². The van der Waals surface area contributed by atoms with E-state index < -0.39 is 18.0 Å². The number of piperidine rings is 1. The molecule has 0 saturated carbocycles. The molecule has 0 bridgehead atoms. The Kier molecular flexibility index (Phi) is 6.73. The molecular formula is C26H30F2N4O3. The molecule has 1 fully saturated rings. The Labute approximate surface area is 203 Å². The maximum atomic E-state index is 14.0. The van der Waals surface area contributed by atoms with Crippen LogP contribution in [0.1, 0.15) is 37.8 Å². The smallest absolute Gasteiger partial charge is 0.237 e. The second-order valence-electron chi connectivity index (χ2n) is 9.19. The summed E-state index contributed by atoms with van der Waals surface area (Å²) in [5.41, 5.74) is 3.24. The van der Waals surface area contributed by atoms with Crippen molar-refractivity contribution in [2.45, 2.75) is 51.1 Å². The van der Waals surface area contributed by atoms with Crippen molar-refractivity contribution in [1.29, 1.82) is 0 Å². The van der Waals surface area contributed by atoms with Gasteiger partial charge in [-0.3, -0.25) is 4.68 Å². The van der Waals surface area contributed by atoms with Crippen LogP contribution in [0.4, 0.5) is 14.5 Å². The van der Waals surface area contributed by atoms with Crippen LogP contribution in [0.2, 0.25) is 0 Å². The number of methoxy groups -OCH3 is 1. The zero-order valence-corrected chi connectivity index (χ0v) is 19.9. The first kappa shape index (κ1) is 23.7. The molecule has 3 heterocycles. The summed E-state index contributed by atoms with van der Waals surface area (Å²) in [5.74, 6) is -0.858. The van der Waals surface area contributed by atoms with Crippen molar-refractivity contribution in [2.75, 3.05) is 25.1 Å². The fourth-order valence-corrected chi connectivity index (χ4v) is 5.08. The normalized spacial score (nSPS) is 19.5. The highest BCUT2D eigenvalue weighted by molar-refractivity contribution is 5.78. The second-order valence-corrected chi connectivity index (χ2v) is 9.19. The minimum Gasteiger partial charge on any atom is -0.456 e. The van der Waals surface area contributed by atoms with Gasteiger partial charge >= 0.3 is 0 Å². The number of benzene rings is 2. The monoisotopic (exact) mass is 484 g/mol. The molecular weight excluding hydrogens is 454 g/mol. The molecule has 7 nitrogen and oxygen atoms in total. The third-order valence-electron chi connectivity index (χ3n) is 6.90. The molecule has 9 heteroatoms. The van der Waals surface area contributed by atoms with Gasteiger partial charge in [0.05, 0.1) is 12.2 Å². The zero-order valence-electron chi connectivity index (χ0n) is 19.9. The minimum atomic E-state index is -1.13. The molecule has 2 N–H and O–H groups in total. The third kappa shape index (κ3) is 4.76. The molecule has 2 atom stereocenters. The summed E-state index contributed by atoms with van der Waals surface area (Å²) in [4.78, 5) is 1.79. The number of ether oxygens (including phenoxy) is 2. The number of nitrogens with one attached hydrogen (secondary N) is 1. The summed E-state index contributed by atoms with van der Waals surface area (Å²) >= 11 is 0. The molecule has 2 aliphatic heterocycles. The average Bonchev–Trinajstić information content (AvgIpc) is 3.34. The maximum Gasteiger partial charge on any atom is 0.237 e. The Bertz CT molecular complexity index is 1180. The fraction of sp³-hybridized carbons (Fsp3) is 0.423. The van der Waals surface area contributed by atoms with Crippen molar-refractivity contribution in [1.82, 2.24) is 15.1 Å². The molecule has 0 spiro atoms. The molecule has 5 rings (SSSR count). The molecule has 1 saturated heterocycles. The third-order valence-corrected chi connectivity index (χ3v) is 6.90. The molecule has 0 aliphatic carbocycles. The van der Waals surface area contributed by atoms with Gasteiger partial charge in [-0.2, -0.15) is 5.10 Å². The van der Waals surface area contributed by atoms with Crippen molar-refractivity contribution in [3.8, 4) is 22.6 Å². The van der Waals surface area contributed by atoms with Crippen molar-refractivity contribution in [2.24, 2.45) is 0 Å². The van der Waals surface area contributed by atoms with E-state index in [1.165, 1.54) is 7.11 Å². The topological polar surface area (TPSA) is 71.8 Å². The van der Waals surface area contributed by atoms with Gasteiger partial charge in [0, 0.05) is 59.9 Å². The van der Waals surface area contributed by atoms with Crippen LogP contribution in [-0.4, -0.2) is 47.5 Å². The number of fused-ring (bicyclic) bond motifs is 1. The van der Waals surface area contributed by atoms with Gasteiger partial charge in [0.15, 0.2) is 0 Å². The van der Waals surface area contributed by atoms with Crippen LogP contribution in [0.3, 0.4) is 0 Å². The second kappa shape index (κ2) is 9.93. The number of nitrogens with zero attached hydrogens (tertiary/aromatic N) is 3. The van der Waals surface area contributed by atoms with Crippen LogP contribution in [0, 0.1) is 11.6 Å². The van der Waals surface area contributed by atoms with Crippen LogP contribution in [0.25, 0.3) is 11.1 Å². The van der Waals surface area contributed by atoms with Crippen molar-refractivity contribution >= 4 is 5.69 Å². The van der Waals surface area contributed by atoms with E-state index in [1.54, 1.807) is 11.1 Å². The summed E-state index contributed by atoms with van der Waals surface area (Å²) in [6, 6.07) is 7.33. The van der Waals surface area contributed by atoms with E-state index in [4.69, 9.17) is 9.47 Å². The lowest BCUT2D eigenvalue weighted by Crippen LogP contribution is -2.46. The van der Waals surface area contributed by atoms with E-state index in [0.717, 1.165) is 72.9 Å². The number of hydrogen-bond donors (Lipinski definition) is 2. The van der Waals surface area contributed by atoms with Gasteiger partial charge in [0.1, 0.15) is 23.1 Å². The quantitative estimate of drug-likeness (QED) is 0.498. The van der Waals surface area contributed by atoms with Crippen LogP contribution < -0.4 is 15.0 Å². The number of hydrogen-bond acceptors (Lipinski definition) is 6. The number of aromatic nitrogens is 2. The maximum absolute atomic E-state index is 14.0. The average molecular weight is 485 g/mol. The number of halogens is 2. The molecule has 0 radical (unpaired) electrons. The van der Waals surface area contributed by atoms with Crippen LogP contribution in [0.15, 0.2) is 42.7 Å². The van der Waals surface area contributed by atoms with Gasteiger partial charge < -0.3 is 24.8 Å². The van der Waals surface area contributed by atoms with Crippen molar-refractivity contribution < 1.29 is 23.4 Å². The van der Waals surface area contributed by atoms with Crippen LogP contribution in [-0.2, 0) is 11.2 Å². The lowest BCUT2D eigenvalue weighted by molar-refractivity contribution is -0.0795. The van der Waals surface area contributed by atoms with E-state index in [-0.39, 0.29) is 11.8 Å². The highest BCUT2D eigenvalue weighted by Crippen LogP contribution is 2.45. The van der Waals surface area contributed by atoms with Gasteiger partial charge in [0.25, 0.3) is 0 Å². The van der Waals surface area contributed by atoms with Gasteiger partial charge in [-0.25, -0.2) is 8.78 Å². The first-order chi connectivity index (χ1) is 16.9. The Hall–Kier alpha value is -3.01. The fourth-order valence-electron chi connectivity index (χ4n) is 5.08. The SMILES string of the molecule is COC(O)N1c2ccc(-c3cnn(C4CCNCC4)c3)c(Oc3cc(F)cc(F)c3)c2CC[C@@H]1C. The summed E-state index contributed by atoms with van der Waals surface area (Å²) in [5, 5.41) is 18.5. The first-order valence-corrected chi connectivity index (χ1v) is 12.0. The van der Waals surface area contributed by atoms with Crippen molar-refractivity contribution in [3.05, 3.63) is 59.9 Å². The minimum absolute atomic E-state index is 0.0328. The number of anilines is 1. The van der Waals surface area contributed by atoms with E-state index in [9.17, 15) is 13.9 Å². The van der Waals surface area contributed by atoms with E-state index in [1.807, 2.05) is 29.9 Å². The summed E-state index contributed by atoms with van der Waals surface area (Å²) in [6.45, 7) is 3.92. The molecule has 1 aromatic heterocycles. The van der Waals surface area contributed by atoms with Crippen LogP contribution in [0.5, 0.6) is 11.5 Å². The van der Waals surface area contributed by atoms with Gasteiger partial charge in [0.2, 0.25) is 6.41 Å². The molecule has 2 aromatic carbocycles.